The first kappa shape index (κ1) is 18.8. The minimum atomic E-state index is -0.549. The number of nitrogens with one attached hydrogen (secondary N) is 1. The molecule has 1 unspecified atom stereocenters. The van der Waals surface area contributed by atoms with Crippen molar-refractivity contribution in [2.24, 2.45) is 5.92 Å². The van der Waals surface area contributed by atoms with Crippen LogP contribution >= 0.6 is 22.9 Å². The highest BCUT2D eigenvalue weighted by atomic mass is 35.5. The van der Waals surface area contributed by atoms with Crippen LogP contribution in [0.15, 0.2) is 35.1 Å². The third-order valence-electron chi connectivity index (χ3n) is 4.80. The highest BCUT2D eigenvalue weighted by Gasteiger charge is 2.22. The molecule has 1 N–H and O–H groups in total. The number of fused-ring (bicyclic) bond motifs is 1. The van der Waals surface area contributed by atoms with Crippen LogP contribution in [0, 0.1) is 12.8 Å². The van der Waals surface area contributed by atoms with Crippen LogP contribution in [0.2, 0.25) is 5.02 Å². The maximum absolute atomic E-state index is 12.7. The molecular weight excluding hydrogens is 396 g/mol. The van der Waals surface area contributed by atoms with E-state index in [0.29, 0.717) is 21.8 Å². The summed E-state index contributed by atoms with van der Waals surface area (Å²) in [7, 11) is 0. The molecule has 1 aromatic carbocycles. The average molecular weight is 415 g/mol. The molecule has 1 aliphatic rings. The Hall–Kier alpha value is -2.51. The number of benzene rings is 1. The standard InChI is InChI=1S/C20H19ClN4O2S/c1-11-3-8-15-17(9-11)28-20(22-15)23-19(27)18-16(26)10-12(2)25(24-18)14-6-4-13(21)5-7-14/h4-7,10-11H,3,8-9H2,1-2H3,(H,22,23,27). The van der Waals surface area contributed by atoms with E-state index in [-0.39, 0.29) is 5.69 Å². The topological polar surface area (TPSA) is 76.9 Å². The third kappa shape index (κ3) is 3.72. The maximum atomic E-state index is 12.7. The van der Waals surface area contributed by atoms with Crippen LogP contribution in [0.1, 0.15) is 40.1 Å². The summed E-state index contributed by atoms with van der Waals surface area (Å²) in [4.78, 5) is 30.8. The summed E-state index contributed by atoms with van der Waals surface area (Å²) < 4.78 is 1.56. The van der Waals surface area contributed by atoms with E-state index in [4.69, 9.17) is 11.6 Å². The third-order valence-corrected chi connectivity index (χ3v) is 6.09. The molecule has 3 aromatic rings. The van der Waals surface area contributed by atoms with Gasteiger partial charge in [0.05, 0.1) is 11.4 Å². The molecular formula is C20H19ClN4O2S. The molecule has 0 saturated carbocycles. The number of amides is 1. The van der Waals surface area contributed by atoms with Gasteiger partial charge in [0.25, 0.3) is 5.91 Å². The number of carbonyl (C=O) groups excluding carboxylic acids is 1. The molecule has 0 aliphatic heterocycles. The number of hydrogen-bond acceptors (Lipinski definition) is 5. The zero-order chi connectivity index (χ0) is 19.8. The van der Waals surface area contributed by atoms with Crippen LogP contribution in [-0.4, -0.2) is 20.7 Å². The lowest BCUT2D eigenvalue weighted by atomic mass is 9.93. The fourth-order valence-electron chi connectivity index (χ4n) is 3.30. The van der Waals surface area contributed by atoms with Crippen LogP contribution in [0.3, 0.4) is 0 Å². The van der Waals surface area contributed by atoms with E-state index >= 15 is 0 Å². The van der Waals surface area contributed by atoms with E-state index in [1.807, 2.05) is 0 Å². The van der Waals surface area contributed by atoms with Gasteiger partial charge in [-0.05, 0) is 56.4 Å². The summed E-state index contributed by atoms with van der Waals surface area (Å²) in [6.45, 7) is 3.98. The van der Waals surface area contributed by atoms with E-state index < -0.39 is 11.3 Å². The molecule has 1 amide bonds. The molecule has 0 radical (unpaired) electrons. The summed E-state index contributed by atoms with van der Waals surface area (Å²) >= 11 is 7.42. The summed E-state index contributed by atoms with van der Waals surface area (Å²) in [5.74, 6) is 0.0775. The highest BCUT2D eigenvalue weighted by molar-refractivity contribution is 7.15. The number of aryl methyl sites for hydroxylation is 2. The van der Waals surface area contributed by atoms with E-state index in [9.17, 15) is 9.59 Å². The second-order valence-electron chi connectivity index (χ2n) is 7.08. The van der Waals surface area contributed by atoms with Gasteiger partial charge < -0.3 is 0 Å². The average Bonchev–Trinajstić information content (AvgIpc) is 3.04. The van der Waals surface area contributed by atoms with Gasteiger partial charge in [-0.15, -0.1) is 11.3 Å². The van der Waals surface area contributed by atoms with Crippen molar-refractivity contribution >= 4 is 34.0 Å². The maximum Gasteiger partial charge on any atom is 0.281 e. The second kappa shape index (κ2) is 7.48. The predicted octanol–water partition coefficient (Wildman–Crippen LogP) is 4.03. The molecule has 2 aromatic heterocycles. The second-order valence-corrected chi connectivity index (χ2v) is 8.60. The van der Waals surface area contributed by atoms with Crippen molar-refractivity contribution in [3.63, 3.8) is 0 Å². The van der Waals surface area contributed by atoms with Crippen LogP contribution in [0.5, 0.6) is 0 Å². The molecule has 28 heavy (non-hydrogen) atoms. The van der Waals surface area contributed by atoms with Crippen molar-refractivity contribution in [1.29, 1.82) is 0 Å². The van der Waals surface area contributed by atoms with Gasteiger partial charge in [0.15, 0.2) is 10.8 Å². The van der Waals surface area contributed by atoms with Crippen LogP contribution in [0.25, 0.3) is 5.69 Å². The summed E-state index contributed by atoms with van der Waals surface area (Å²) in [5.41, 5.74) is 1.81. The predicted molar refractivity (Wildman–Crippen MR) is 111 cm³/mol. The van der Waals surface area contributed by atoms with Crippen molar-refractivity contribution in [3.8, 4) is 5.69 Å². The number of thiazole rings is 1. The number of aromatic nitrogens is 3. The summed E-state index contributed by atoms with van der Waals surface area (Å²) in [6, 6.07) is 8.44. The summed E-state index contributed by atoms with van der Waals surface area (Å²) in [6.07, 6.45) is 3.01. The fourth-order valence-corrected chi connectivity index (χ4v) is 4.59. The van der Waals surface area contributed by atoms with Gasteiger partial charge in [-0.25, -0.2) is 9.67 Å². The molecule has 1 atom stereocenters. The molecule has 4 rings (SSSR count). The van der Waals surface area contributed by atoms with Gasteiger partial charge in [0.1, 0.15) is 0 Å². The van der Waals surface area contributed by atoms with Crippen LogP contribution in [0.4, 0.5) is 5.13 Å². The highest BCUT2D eigenvalue weighted by Crippen LogP contribution is 2.32. The first-order valence-corrected chi connectivity index (χ1v) is 10.3. The lowest BCUT2D eigenvalue weighted by Gasteiger charge is -2.15. The Morgan fingerprint density at radius 3 is 2.82 bits per heavy atom. The van der Waals surface area contributed by atoms with E-state index in [0.717, 1.165) is 30.6 Å². The molecule has 0 fully saturated rings. The smallest absolute Gasteiger partial charge is 0.281 e. The van der Waals surface area contributed by atoms with Gasteiger partial charge in [0.2, 0.25) is 5.43 Å². The van der Waals surface area contributed by atoms with Gasteiger partial charge >= 0.3 is 0 Å². The lowest BCUT2D eigenvalue weighted by Crippen LogP contribution is -2.26. The van der Waals surface area contributed by atoms with Gasteiger partial charge in [-0.1, -0.05) is 18.5 Å². The molecule has 1 aliphatic carbocycles. The van der Waals surface area contributed by atoms with Crippen molar-refractivity contribution in [1.82, 2.24) is 14.8 Å². The number of rotatable bonds is 3. The normalized spacial score (nSPS) is 15.9. The zero-order valence-electron chi connectivity index (χ0n) is 15.5. The number of anilines is 1. The Bertz CT molecular complexity index is 1100. The molecule has 0 saturated heterocycles. The quantitative estimate of drug-likeness (QED) is 0.702. The number of carbonyl (C=O) groups is 1. The Morgan fingerprint density at radius 2 is 2.07 bits per heavy atom. The molecule has 6 nitrogen and oxygen atoms in total. The number of halogens is 1. The van der Waals surface area contributed by atoms with Gasteiger partial charge in [-0.2, -0.15) is 5.10 Å². The molecule has 2 heterocycles. The first-order chi connectivity index (χ1) is 13.4. The van der Waals surface area contributed by atoms with E-state index in [1.165, 1.54) is 22.3 Å². The van der Waals surface area contributed by atoms with Crippen molar-refractivity contribution in [2.45, 2.75) is 33.1 Å². The van der Waals surface area contributed by atoms with Crippen LogP contribution in [-0.2, 0) is 12.8 Å². The Morgan fingerprint density at radius 1 is 1.32 bits per heavy atom. The first-order valence-electron chi connectivity index (χ1n) is 9.07. The Balaban J connectivity index is 1.63. The van der Waals surface area contributed by atoms with Crippen molar-refractivity contribution in [3.05, 3.63) is 67.5 Å². The minimum absolute atomic E-state index is 0.165. The minimum Gasteiger partial charge on any atom is -0.296 e. The van der Waals surface area contributed by atoms with Crippen molar-refractivity contribution < 1.29 is 4.79 Å². The molecule has 144 valence electrons. The Labute approximate surface area is 171 Å². The van der Waals surface area contributed by atoms with Gasteiger partial charge in [-0.3, -0.25) is 14.9 Å². The number of nitrogens with zero attached hydrogens (tertiary/aromatic N) is 3. The number of hydrogen-bond donors (Lipinski definition) is 1. The summed E-state index contributed by atoms with van der Waals surface area (Å²) in [5, 5.41) is 8.15. The Kier molecular flexibility index (Phi) is 5.03. The lowest BCUT2D eigenvalue weighted by molar-refractivity contribution is 0.101. The SMILES string of the molecule is Cc1cc(=O)c(C(=O)Nc2nc3c(s2)CC(C)CC3)nn1-c1ccc(Cl)cc1. The monoisotopic (exact) mass is 414 g/mol. The zero-order valence-corrected chi connectivity index (χ0v) is 17.1. The van der Waals surface area contributed by atoms with Crippen molar-refractivity contribution in [2.75, 3.05) is 5.32 Å². The van der Waals surface area contributed by atoms with E-state index in [2.05, 4.69) is 22.3 Å². The van der Waals surface area contributed by atoms with Crippen LogP contribution < -0.4 is 10.7 Å². The largest absolute Gasteiger partial charge is 0.296 e. The van der Waals surface area contributed by atoms with Gasteiger partial charge in [0, 0.05) is 21.7 Å². The molecule has 0 bridgehead atoms. The molecule has 8 heteroatoms. The van der Waals surface area contributed by atoms with E-state index in [1.54, 1.807) is 35.9 Å². The fraction of sp³-hybridized carbons (Fsp3) is 0.300. The molecule has 0 spiro atoms.